The van der Waals surface area contributed by atoms with E-state index in [4.69, 9.17) is 9.47 Å². The molecule has 0 saturated carbocycles. The number of carbonyl (C=O) groups is 2. The van der Waals surface area contributed by atoms with Crippen LogP contribution < -0.4 is 0 Å². The Hall–Kier alpha value is -2.22. The smallest absolute Gasteiger partial charge is 0.306 e. The maximum Gasteiger partial charge on any atom is 0.306 e. The summed E-state index contributed by atoms with van der Waals surface area (Å²) in [6.07, 6.45) is 23.8. The van der Waals surface area contributed by atoms with Crippen molar-refractivity contribution < 1.29 is 34.4 Å². The molecule has 0 amide bonds. The average Bonchev–Trinajstić information content (AvgIpc) is 2.91. The summed E-state index contributed by atoms with van der Waals surface area (Å²) in [4.78, 5) is 23.8. The second-order valence-electron chi connectivity index (χ2n) is 9.41. The third-order valence-corrected chi connectivity index (χ3v) is 5.84. The van der Waals surface area contributed by atoms with Crippen LogP contribution in [0.2, 0.25) is 0 Å². The van der Waals surface area contributed by atoms with Gasteiger partial charge < -0.3 is 24.8 Å². The van der Waals surface area contributed by atoms with Gasteiger partial charge in [-0.25, -0.2) is 0 Å². The number of hydrogen-bond acceptors (Lipinski definition) is 7. The molecule has 0 spiro atoms. The van der Waals surface area contributed by atoms with E-state index in [-0.39, 0.29) is 25.4 Å². The van der Waals surface area contributed by atoms with Crippen molar-refractivity contribution in [3.8, 4) is 0 Å². The molecule has 0 aliphatic rings. The Kier molecular flexibility index (Phi) is 24.8. The Balaban J connectivity index is 3.98. The minimum absolute atomic E-state index is 0.0373. The van der Waals surface area contributed by atoms with E-state index in [9.17, 15) is 24.9 Å². The van der Waals surface area contributed by atoms with Crippen molar-refractivity contribution in [2.45, 2.75) is 122 Å². The summed E-state index contributed by atoms with van der Waals surface area (Å²) in [6, 6.07) is 0. The summed E-state index contributed by atoms with van der Waals surface area (Å²) < 4.78 is 10.3. The highest BCUT2D eigenvalue weighted by atomic mass is 16.6. The minimum atomic E-state index is -0.943. The first-order chi connectivity index (χ1) is 18.4. The van der Waals surface area contributed by atoms with Crippen LogP contribution >= 0.6 is 0 Å². The molecule has 0 radical (unpaired) electrons. The molecule has 0 aliphatic carbocycles. The molecule has 0 saturated heterocycles. The van der Waals surface area contributed by atoms with Gasteiger partial charge in [-0.2, -0.15) is 0 Å². The predicted molar refractivity (Wildman–Crippen MR) is 152 cm³/mol. The lowest BCUT2D eigenvalue weighted by atomic mass is 10.0. The second kappa shape index (κ2) is 26.4. The number of rotatable bonds is 24. The van der Waals surface area contributed by atoms with Gasteiger partial charge in [0.15, 0.2) is 6.10 Å². The van der Waals surface area contributed by atoms with Crippen LogP contribution in [0.1, 0.15) is 104 Å². The van der Waals surface area contributed by atoms with Gasteiger partial charge in [0, 0.05) is 12.8 Å². The lowest BCUT2D eigenvalue weighted by Gasteiger charge is -2.17. The quantitative estimate of drug-likeness (QED) is 0.0802. The van der Waals surface area contributed by atoms with E-state index in [0.29, 0.717) is 19.3 Å². The summed E-state index contributed by atoms with van der Waals surface area (Å²) in [5, 5.41) is 29.7. The summed E-state index contributed by atoms with van der Waals surface area (Å²) in [5.41, 5.74) is 0. The highest BCUT2D eigenvalue weighted by Crippen LogP contribution is 2.11. The maximum atomic E-state index is 12.0. The lowest BCUT2D eigenvalue weighted by molar-refractivity contribution is -0.161. The monoisotopic (exact) mass is 536 g/mol. The first-order valence-corrected chi connectivity index (χ1v) is 14.4. The molecule has 0 aromatic carbocycles. The van der Waals surface area contributed by atoms with E-state index in [1.165, 1.54) is 0 Å². The number of esters is 2. The van der Waals surface area contributed by atoms with Crippen LogP contribution in [0.3, 0.4) is 0 Å². The molecule has 3 atom stereocenters. The van der Waals surface area contributed by atoms with E-state index in [1.54, 1.807) is 0 Å². The molecule has 0 heterocycles. The molecule has 38 heavy (non-hydrogen) atoms. The molecule has 7 nitrogen and oxygen atoms in total. The van der Waals surface area contributed by atoms with E-state index in [2.05, 4.69) is 50.3 Å². The summed E-state index contributed by atoms with van der Waals surface area (Å²) in [7, 11) is 0. The van der Waals surface area contributed by atoms with Crippen molar-refractivity contribution in [1.82, 2.24) is 0 Å². The van der Waals surface area contributed by atoms with Gasteiger partial charge in [0.05, 0.1) is 18.8 Å². The standard InChI is InChI=1S/C31H52O7/c1-3-5-7-9-10-11-12-13-14-15-17-18-21-28(33)29(34)22-20-24-31(36)38-27(25-32)26-37-30(35)23-19-16-8-6-4-2/h5,7,10-11,13-14,17-18,27-29,32-34H,3-4,6,8-9,12,15-16,19-26H2,1-2H3/b7-5-,11-10-,14-13-,18-17-/t27-,28+,29+/m0/s1. The largest absolute Gasteiger partial charge is 0.462 e. The zero-order valence-electron chi connectivity index (χ0n) is 23.6. The first-order valence-electron chi connectivity index (χ1n) is 14.4. The zero-order valence-corrected chi connectivity index (χ0v) is 23.6. The molecule has 0 fully saturated rings. The molecule has 0 rings (SSSR count). The summed E-state index contributed by atoms with van der Waals surface area (Å²) in [5.74, 6) is -0.901. The van der Waals surface area contributed by atoms with Gasteiger partial charge >= 0.3 is 11.9 Å². The third-order valence-electron chi connectivity index (χ3n) is 5.84. The SMILES string of the molecule is CC/C=C\C/C=C\C/C=C\C/C=C\C[C@@H](O)[C@H](O)CCCC(=O)O[C@@H](CO)COC(=O)CCCCCCC. The summed E-state index contributed by atoms with van der Waals surface area (Å²) >= 11 is 0. The Morgan fingerprint density at radius 3 is 1.89 bits per heavy atom. The Morgan fingerprint density at radius 2 is 1.29 bits per heavy atom. The van der Waals surface area contributed by atoms with Crippen molar-refractivity contribution in [3.05, 3.63) is 48.6 Å². The Labute approximate surface area is 230 Å². The van der Waals surface area contributed by atoms with Crippen LogP contribution in [0, 0.1) is 0 Å². The number of aliphatic hydroxyl groups excluding tert-OH is 3. The van der Waals surface area contributed by atoms with Gasteiger partial charge in [-0.3, -0.25) is 9.59 Å². The number of aliphatic hydroxyl groups is 3. The molecule has 0 unspecified atom stereocenters. The summed E-state index contributed by atoms with van der Waals surface area (Å²) in [6.45, 7) is 3.63. The van der Waals surface area contributed by atoms with Gasteiger partial charge in [0.1, 0.15) is 6.61 Å². The second-order valence-corrected chi connectivity index (χ2v) is 9.41. The number of allylic oxidation sites excluding steroid dienone is 7. The molecule has 0 aliphatic heterocycles. The fourth-order valence-corrected chi connectivity index (χ4v) is 3.52. The van der Waals surface area contributed by atoms with Crippen molar-refractivity contribution in [2.24, 2.45) is 0 Å². The van der Waals surface area contributed by atoms with Crippen molar-refractivity contribution in [2.75, 3.05) is 13.2 Å². The molecule has 3 N–H and O–H groups in total. The predicted octanol–water partition coefficient (Wildman–Crippen LogP) is 5.88. The fraction of sp³-hybridized carbons (Fsp3) is 0.677. The van der Waals surface area contributed by atoms with E-state index >= 15 is 0 Å². The fourth-order valence-electron chi connectivity index (χ4n) is 3.52. The van der Waals surface area contributed by atoms with Crippen molar-refractivity contribution >= 4 is 11.9 Å². The molecule has 7 heteroatoms. The zero-order chi connectivity index (χ0) is 28.3. The van der Waals surface area contributed by atoms with E-state index in [1.807, 2.05) is 12.2 Å². The molecular weight excluding hydrogens is 484 g/mol. The van der Waals surface area contributed by atoms with Crippen LogP contribution in [0.15, 0.2) is 48.6 Å². The highest BCUT2D eigenvalue weighted by Gasteiger charge is 2.18. The number of hydrogen-bond donors (Lipinski definition) is 3. The van der Waals surface area contributed by atoms with Gasteiger partial charge in [0.25, 0.3) is 0 Å². The van der Waals surface area contributed by atoms with E-state index < -0.39 is 30.9 Å². The Bertz CT molecular complexity index is 696. The molecule has 218 valence electrons. The number of unbranched alkanes of at least 4 members (excludes halogenated alkanes) is 4. The highest BCUT2D eigenvalue weighted by molar-refractivity contribution is 5.70. The topological polar surface area (TPSA) is 113 Å². The van der Waals surface area contributed by atoms with Gasteiger partial charge in [-0.05, 0) is 51.4 Å². The minimum Gasteiger partial charge on any atom is -0.462 e. The molecule has 0 bridgehead atoms. The first kappa shape index (κ1) is 35.8. The van der Waals surface area contributed by atoms with Crippen molar-refractivity contribution in [3.63, 3.8) is 0 Å². The maximum absolute atomic E-state index is 12.0. The van der Waals surface area contributed by atoms with Crippen LogP contribution in [-0.2, 0) is 19.1 Å². The van der Waals surface area contributed by atoms with Crippen LogP contribution in [0.5, 0.6) is 0 Å². The van der Waals surface area contributed by atoms with Gasteiger partial charge in [0.2, 0.25) is 0 Å². The van der Waals surface area contributed by atoms with E-state index in [0.717, 1.165) is 57.8 Å². The normalized spacial score (nSPS) is 14.6. The van der Waals surface area contributed by atoms with Crippen molar-refractivity contribution in [1.29, 1.82) is 0 Å². The molecule has 0 aromatic heterocycles. The van der Waals surface area contributed by atoms with Crippen LogP contribution in [-0.4, -0.2) is 58.8 Å². The third kappa shape index (κ3) is 22.9. The van der Waals surface area contributed by atoms with Crippen LogP contribution in [0.25, 0.3) is 0 Å². The molecule has 0 aromatic rings. The average molecular weight is 537 g/mol. The molecular formula is C31H52O7. The lowest BCUT2D eigenvalue weighted by Crippen LogP contribution is -2.29. The van der Waals surface area contributed by atoms with Gasteiger partial charge in [-0.15, -0.1) is 0 Å². The number of carbonyl (C=O) groups excluding carboxylic acids is 2. The number of ether oxygens (including phenoxy) is 2. The van der Waals surface area contributed by atoms with Gasteiger partial charge in [-0.1, -0.05) is 88.1 Å². The van der Waals surface area contributed by atoms with Crippen LogP contribution in [0.4, 0.5) is 0 Å². The Morgan fingerprint density at radius 1 is 0.711 bits per heavy atom.